The predicted octanol–water partition coefficient (Wildman–Crippen LogP) is 2.12. The SMILES string of the molecule is CC(C)CC(CNC(=O)NCCc1cscn1)CC(=O)O. The number of carbonyl (C=O) groups excluding carboxylic acids is 1. The highest BCUT2D eigenvalue weighted by atomic mass is 32.1. The van der Waals surface area contributed by atoms with Crippen LogP contribution in [0.1, 0.15) is 32.4 Å². The molecule has 0 saturated heterocycles. The van der Waals surface area contributed by atoms with Gasteiger partial charge in [0, 0.05) is 31.3 Å². The lowest BCUT2D eigenvalue weighted by molar-refractivity contribution is -0.138. The monoisotopic (exact) mass is 313 g/mol. The average molecular weight is 313 g/mol. The molecular weight excluding hydrogens is 290 g/mol. The molecule has 0 spiro atoms. The summed E-state index contributed by atoms with van der Waals surface area (Å²) in [5.41, 5.74) is 2.72. The maximum Gasteiger partial charge on any atom is 0.314 e. The van der Waals surface area contributed by atoms with Gasteiger partial charge in [-0.2, -0.15) is 0 Å². The Morgan fingerprint density at radius 3 is 2.71 bits per heavy atom. The van der Waals surface area contributed by atoms with Gasteiger partial charge in [-0.25, -0.2) is 9.78 Å². The molecule has 1 aromatic heterocycles. The van der Waals surface area contributed by atoms with Crippen LogP contribution in [0.4, 0.5) is 4.79 Å². The van der Waals surface area contributed by atoms with E-state index in [1.165, 1.54) is 11.3 Å². The van der Waals surface area contributed by atoms with Gasteiger partial charge in [0.25, 0.3) is 0 Å². The van der Waals surface area contributed by atoms with Gasteiger partial charge in [0.2, 0.25) is 0 Å². The van der Waals surface area contributed by atoms with Crippen LogP contribution in [0.2, 0.25) is 0 Å². The first kappa shape index (κ1) is 17.4. The highest BCUT2D eigenvalue weighted by molar-refractivity contribution is 7.07. The highest BCUT2D eigenvalue weighted by Crippen LogP contribution is 2.14. The van der Waals surface area contributed by atoms with E-state index in [2.05, 4.69) is 15.6 Å². The summed E-state index contributed by atoms with van der Waals surface area (Å²) in [6.07, 6.45) is 1.56. The Hall–Kier alpha value is -1.63. The third-order valence-electron chi connectivity index (χ3n) is 2.97. The van der Waals surface area contributed by atoms with Crippen molar-refractivity contribution in [2.45, 2.75) is 33.1 Å². The first-order valence-electron chi connectivity index (χ1n) is 7.08. The molecule has 1 aromatic rings. The molecule has 6 nitrogen and oxygen atoms in total. The van der Waals surface area contributed by atoms with Crippen molar-refractivity contribution in [2.24, 2.45) is 11.8 Å². The molecule has 1 unspecified atom stereocenters. The number of carboxylic acids is 1. The van der Waals surface area contributed by atoms with Crippen molar-refractivity contribution in [2.75, 3.05) is 13.1 Å². The Labute approximate surface area is 129 Å². The van der Waals surface area contributed by atoms with Crippen LogP contribution in [0.15, 0.2) is 10.9 Å². The van der Waals surface area contributed by atoms with E-state index in [-0.39, 0.29) is 18.4 Å². The second kappa shape index (κ2) is 9.33. The quantitative estimate of drug-likeness (QED) is 0.651. The molecule has 0 saturated carbocycles. The van der Waals surface area contributed by atoms with Crippen molar-refractivity contribution in [3.63, 3.8) is 0 Å². The summed E-state index contributed by atoms with van der Waals surface area (Å²) >= 11 is 1.53. The minimum atomic E-state index is -0.827. The molecular formula is C14H23N3O3S. The third kappa shape index (κ3) is 8.29. The molecule has 0 aliphatic carbocycles. The topological polar surface area (TPSA) is 91.3 Å². The molecule has 0 radical (unpaired) electrons. The van der Waals surface area contributed by atoms with Crippen LogP contribution in [0.25, 0.3) is 0 Å². The number of amides is 2. The van der Waals surface area contributed by atoms with E-state index in [4.69, 9.17) is 5.11 Å². The summed E-state index contributed by atoms with van der Waals surface area (Å²) in [6, 6.07) is -0.260. The van der Waals surface area contributed by atoms with E-state index < -0.39 is 5.97 Å². The number of urea groups is 1. The molecule has 0 aliphatic heterocycles. The Morgan fingerprint density at radius 2 is 2.14 bits per heavy atom. The zero-order valence-electron chi connectivity index (χ0n) is 12.5. The number of carbonyl (C=O) groups is 2. The van der Waals surface area contributed by atoms with Gasteiger partial charge in [0.15, 0.2) is 0 Å². The molecule has 0 bridgehead atoms. The number of aromatic nitrogens is 1. The van der Waals surface area contributed by atoms with Crippen LogP contribution in [0.5, 0.6) is 0 Å². The number of carboxylic acid groups (broad SMARTS) is 1. The number of aliphatic carboxylic acids is 1. The van der Waals surface area contributed by atoms with Crippen LogP contribution in [0, 0.1) is 11.8 Å². The van der Waals surface area contributed by atoms with Gasteiger partial charge in [0.05, 0.1) is 11.2 Å². The van der Waals surface area contributed by atoms with Gasteiger partial charge in [0.1, 0.15) is 0 Å². The van der Waals surface area contributed by atoms with Gasteiger partial charge in [-0.1, -0.05) is 13.8 Å². The maximum atomic E-state index is 11.7. The van der Waals surface area contributed by atoms with Gasteiger partial charge in [-0.3, -0.25) is 4.79 Å². The van der Waals surface area contributed by atoms with Gasteiger partial charge in [-0.15, -0.1) is 11.3 Å². The fraction of sp³-hybridized carbons (Fsp3) is 0.643. The molecule has 21 heavy (non-hydrogen) atoms. The molecule has 3 N–H and O–H groups in total. The largest absolute Gasteiger partial charge is 0.481 e. The van der Waals surface area contributed by atoms with E-state index in [1.54, 1.807) is 5.51 Å². The smallest absolute Gasteiger partial charge is 0.314 e. The summed E-state index contributed by atoms with van der Waals surface area (Å²) in [5.74, 6) is -0.456. The van der Waals surface area contributed by atoms with Crippen LogP contribution in [0.3, 0.4) is 0 Å². The lowest BCUT2D eigenvalue weighted by Gasteiger charge is -2.18. The van der Waals surface area contributed by atoms with E-state index in [0.29, 0.717) is 25.4 Å². The summed E-state index contributed by atoms with van der Waals surface area (Å²) < 4.78 is 0. The summed E-state index contributed by atoms with van der Waals surface area (Å²) in [4.78, 5) is 26.6. The van der Waals surface area contributed by atoms with Gasteiger partial charge >= 0.3 is 12.0 Å². The van der Waals surface area contributed by atoms with E-state index in [0.717, 1.165) is 12.1 Å². The Balaban J connectivity index is 2.23. The van der Waals surface area contributed by atoms with Crippen molar-refractivity contribution in [1.82, 2.24) is 15.6 Å². The van der Waals surface area contributed by atoms with E-state index in [1.807, 2.05) is 19.2 Å². The number of hydrogen-bond acceptors (Lipinski definition) is 4. The van der Waals surface area contributed by atoms with E-state index >= 15 is 0 Å². The van der Waals surface area contributed by atoms with E-state index in [9.17, 15) is 9.59 Å². The molecule has 7 heteroatoms. The van der Waals surface area contributed by atoms with Gasteiger partial charge in [-0.05, 0) is 18.3 Å². The maximum absolute atomic E-state index is 11.7. The Kier molecular flexibility index (Phi) is 7.74. The number of rotatable bonds is 9. The molecule has 0 fully saturated rings. The minimum absolute atomic E-state index is 0.0354. The summed E-state index contributed by atoms with van der Waals surface area (Å²) in [6.45, 7) is 4.99. The Bertz CT molecular complexity index is 435. The number of thiazole rings is 1. The molecule has 118 valence electrons. The zero-order valence-corrected chi connectivity index (χ0v) is 13.3. The average Bonchev–Trinajstić information content (AvgIpc) is 2.88. The third-order valence-corrected chi connectivity index (χ3v) is 3.60. The van der Waals surface area contributed by atoms with Crippen molar-refractivity contribution in [1.29, 1.82) is 0 Å². The van der Waals surface area contributed by atoms with Crippen molar-refractivity contribution in [3.05, 3.63) is 16.6 Å². The lowest BCUT2D eigenvalue weighted by Crippen LogP contribution is -2.39. The molecule has 0 aliphatic rings. The summed E-state index contributed by atoms with van der Waals surface area (Å²) in [7, 11) is 0. The molecule has 0 aromatic carbocycles. The second-order valence-electron chi connectivity index (χ2n) is 5.46. The van der Waals surface area contributed by atoms with Crippen molar-refractivity contribution in [3.8, 4) is 0 Å². The number of nitrogens with zero attached hydrogens (tertiary/aromatic N) is 1. The number of nitrogens with one attached hydrogen (secondary N) is 2. The molecule has 1 atom stereocenters. The van der Waals surface area contributed by atoms with Gasteiger partial charge < -0.3 is 15.7 Å². The van der Waals surface area contributed by atoms with Crippen LogP contribution in [-0.2, 0) is 11.2 Å². The van der Waals surface area contributed by atoms with Crippen LogP contribution in [-0.4, -0.2) is 35.2 Å². The molecule has 1 rings (SSSR count). The minimum Gasteiger partial charge on any atom is -0.481 e. The first-order chi connectivity index (χ1) is 9.97. The lowest BCUT2D eigenvalue weighted by atomic mass is 9.94. The van der Waals surface area contributed by atoms with Crippen LogP contribution >= 0.6 is 11.3 Å². The second-order valence-corrected chi connectivity index (χ2v) is 6.18. The van der Waals surface area contributed by atoms with Crippen LogP contribution < -0.4 is 10.6 Å². The summed E-state index contributed by atoms with van der Waals surface area (Å²) in [5, 5.41) is 16.3. The highest BCUT2D eigenvalue weighted by Gasteiger charge is 2.15. The van der Waals surface area contributed by atoms with Crippen molar-refractivity contribution >= 4 is 23.3 Å². The fourth-order valence-electron chi connectivity index (χ4n) is 2.12. The Morgan fingerprint density at radius 1 is 1.38 bits per heavy atom. The predicted molar refractivity (Wildman–Crippen MR) is 82.4 cm³/mol. The zero-order chi connectivity index (χ0) is 15.7. The molecule has 2 amide bonds. The fourth-order valence-corrected chi connectivity index (χ4v) is 2.71. The first-order valence-corrected chi connectivity index (χ1v) is 8.02. The number of hydrogen-bond donors (Lipinski definition) is 3. The van der Waals surface area contributed by atoms with Crippen molar-refractivity contribution < 1.29 is 14.7 Å². The molecule has 1 heterocycles. The normalized spacial score (nSPS) is 12.1. The standard InChI is InChI=1S/C14H23N3O3S/c1-10(2)5-11(6-13(18)19)7-16-14(20)15-4-3-12-8-21-9-17-12/h8-11H,3-7H2,1-2H3,(H,18,19)(H2,15,16,20).